The van der Waals surface area contributed by atoms with Gasteiger partial charge in [0.2, 0.25) is 10.0 Å². The van der Waals surface area contributed by atoms with Gasteiger partial charge in [0.1, 0.15) is 17.3 Å². The summed E-state index contributed by atoms with van der Waals surface area (Å²) < 4.78 is 34.6. The maximum absolute atomic E-state index is 13.5. The number of methoxy groups -OCH3 is 1. The Labute approximate surface area is 239 Å². The molecular weight excluding hydrogens is 542 g/mol. The molecule has 2 heterocycles. The lowest BCUT2D eigenvalue weighted by atomic mass is 9.93. The number of amides is 2. The van der Waals surface area contributed by atoms with Crippen LogP contribution in [-0.4, -0.2) is 72.6 Å². The molecule has 0 N–H and O–H groups in total. The summed E-state index contributed by atoms with van der Waals surface area (Å²) in [4.78, 5) is 27.5. The van der Waals surface area contributed by atoms with Crippen LogP contribution >= 0.6 is 0 Å². The summed E-state index contributed by atoms with van der Waals surface area (Å²) in [6.07, 6.45) is 3.32. The second-order valence-electron chi connectivity index (χ2n) is 9.25. The van der Waals surface area contributed by atoms with Crippen LogP contribution in [0.3, 0.4) is 0 Å². The Morgan fingerprint density at radius 2 is 1.76 bits per heavy atom. The predicted octanol–water partition coefficient (Wildman–Crippen LogP) is 3.81. The van der Waals surface area contributed by atoms with Crippen molar-refractivity contribution in [2.75, 3.05) is 33.4 Å². The molecule has 4 rings (SSSR count). The molecule has 0 fully saturated rings. The molecule has 0 atom stereocenters. The predicted molar refractivity (Wildman–Crippen MR) is 154 cm³/mol. The van der Waals surface area contributed by atoms with Crippen LogP contribution in [0.2, 0.25) is 0 Å². The first-order valence-electron chi connectivity index (χ1n) is 13.1. The van der Waals surface area contributed by atoms with E-state index >= 15 is 0 Å². The molecular formula is C30H31N5O5S. The van der Waals surface area contributed by atoms with Crippen molar-refractivity contribution in [1.82, 2.24) is 19.0 Å². The summed E-state index contributed by atoms with van der Waals surface area (Å²) in [5.41, 5.74) is 2.51. The number of imide groups is 1. The summed E-state index contributed by atoms with van der Waals surface area (Å²) in [6, 6.07) is 17.8. The van der Waals surface area contributed by atoms with Crippen molar-refractivity contribution in [3.8, 4) is 23.0 Å². The fourth-order valence-electron chi connectivity index (χ4n) is 4.62. The molecule has 11 heteroatoms. The monoisotopic (exact) mass is 573 g/mol. The summed E-state index contributed by atoms with van der Waals surface area (Å²) in [5, 5.41) is 14.5. The number of carbonyl (C=O) groups is 2. The van der Waals surface area contributed by atoms with E-state index in [0.29, 0.717) is 29.9 Å². The van der Waals surface area contributed by atoms with Gasteiger partial charge in [0.15, 0.2) is 0 Å². The van der Waals surface area contributed by atoms with Crippen molar-refractivity contribution < 1.29 is 22.7 Å². The Kier molecular flexibility index (Phi) is 8.98. The van der Waals surface area contributed by atoms with Crippen molar-refractivity contribution in [2.45, 2.75) is 25.7 Å². The lowest BCUT2D eigenvalue weighted by Crippen LogP contribution is -2.44. The largest absolute Gasteiger partial charge is 0.383 e. The third-order valence-corrected chi connectivity index (χ3v) is 8.90. The molecule has 0 saturated carbocycles. The molecule has 0 unspecified atom stereocenters. The molecule has 2 aromatic carbocycles. The molecule has 0 aliphatic carbocycles. The lowest BCUT2D eigenvalue weighted by Gasteiger charge is -2.27. The van der Waals surface area contributed by atoms with Gasteiger partial charge in [-0.1, -0.05) is 44.2 Å². The van der Waals surface area contributed by atoms with Gasteiger partial charge in [-0.05, 0) is 42.8 Å². The number of aromatic nitrogens is 2. The second kappa shape index (κ2) is 12.4. The van der Waals surface area contributed by atoms with Crippen LogP contribution in [0.1, 0.15) is 26.3 Å². The molecule has 10 nitrogen and oxygen atoms in total. The van der Waals surface area contributed by atoms with E-state index in [1.165, 1.54) is 11.4 Å². The number of para-hydroxylation sites is 1. The molecule has 1 aliphatic rings. The van der Waals surface area contributed by atoms with Gasteiger partial charge in [0.25, 0.3) is 11.8 Å². The number of hydrogen-bond acceptors (Lipinski definition) is 7. The number of ether oxygens (including phenoxy) is 1. The van der Waals surface area contributed by atoms with E-state index < -0.39 is 21.8 Å². The summed E-state index contributed by atoms with van der Waals surface area (Å²) in [5.74, 6) is -1.22. The van der Waals surface area contributed by atoms with Crippen molar-refractivity contribution in [3.63, 3.8) is 0 Å². The van der Waals surface area contributed by atoms with E-state index in [0.717, 1.165) is 10.6 Å². The van der Waals surface area contributed by atoms with E-state index in [1.54, 1.807) is 62.0 Å². The van der Waals surface area contributed by atoms with E-state index in [-0.39, 0.29) is 34.8 Å². The minimum atomic E-state index is -3.74. The third-order valence-electron chi connectivity index (χ3n) is 6.86. The number of benzene rings is 2. The average molecular weight is 574 g/mol. The smallest absolute Gasteiger partial charge is 0.271 e. The van der Waals surface area contributed by atoms with Gasteiger partial charge in [-0.15, -0.1) is 0 Å². The molecule has 212 valence electrons. The van der Waals surface area contributed by atoms with Gasteiger partial charge in [-0.2, -0.15) is 14.7 Å². The van der Waals surface area contributed by atoms with Crippen LogP contribution in [0.15, 0.2) is 82.4 Å². The highest BCUT2D eigenvalue weighted by Gasteiger charge is 2.35. The summed E-state index contributed by atoms with van der Waals surface area (Å²) >= 11 is 0. The number of nitriles is 1. The highest BCUT2D eigenvalue weighted by Crippen LogP contribution is 2.32. The molecule has 1 aliphatic heterocycles. The quantitative estimate of drug-likeness (QED) is 0.267. The maximum Gasteiger partial charge on any atom is 0.271 e. The maximum atomic E-state index is 13.5. The van der Waals surface area contributed by atoms with Gasteiger partial charge < -0.3 is 4.74 Å². The van der Waals surface area contributed by atoms with E-state index in [2.05, 4.69) is 0 Å². The molecule has 0 radical (unpaired) electrons. The van der Waals surface area contributed by atoms with Gasteiger partial charge >= 0.3 is 0 Å². The number of sulfonamides is 1. The standard InChI is InChI=1S/C30H31N5O5S/c1-5-33(6-2)41(38,39)25-14-10-11-22(17-25)28-23(20-35(32-28)24-12-8-7-9-13-24)18-26-21(3)27(19-31)30(37)34(29(26)36)15-16-40-4/h7-14,17-18,20H,5-6,15-16H2,1-4H3/b26-18+. The van der Waals surface area contributed by atoms with Gasteiger partial charge in [-0.3, -0.25) is 14.5 Å². The topological polar surface area (TPSA) is 126 Å². The summed E-state index contributed by atoms with van der Waals surface area (Å²) in [6.45, 7) is 5.89. The Morgan fingerprint density at radius 1 is 1.05 bits per heavy atom. The van der Waals surface area contributed by atoms with Gasteiger partial charge in [0.05, 0.1) is 23.7 Å². The lowest BCUT2D eigenvalue weighted by molar-refractivity contribution is -0.141. The number of hydrogen-bond donors (Lipinski definition) is 0. The Bertz CT molecular complexity index is 1680. The van der Waals surface area contributed by atoms with Crippen LogP contribution in [-0.2, 0) is 24.3 Å². The highest BCUT2D eigenvalue weighted by atomic mass is 32.2. The Morgan fingerprint density at radius 3 is 2.39 bits per heavy atom. The fourth-order valence-corrected chi connectivity index (χ4v) is 6.12. The highest BCUT2D eigenvalue weighted by molar-refractivity contribution is 7.89. The van der Waals surface area contributed by atoms with Crippen LogP contribution in [0.25, 0.3) is 23.0 Å². The number of rotatable bonds is 10. The molecule has 0 saturated heterocycles. The Balaban J connectivity index is 1.93. The second-order valence-corrected chi connectivity index (χ2v) is 11.2. The van der Waals surface area contributed by atoms with Crippen molar-refractivity contribution in [2.24, 2.45) is 0 Å². The number of carbonyl (C=O) groups excluding carboxylic acids is 2. The Hall–Kier alpha value is -4.37. The minimum absolute atomic E-state index is 0.00857. The van der Waals surface area contributed by atoms with Crippen molar-refractivity contribution >= 4 is 27.9 Å². The first-order chi connectivity index (χ1) is 19.7. The molecule has 0 bridgehead atoms. The molecule has 3 aromatic rings. The summed E-state index contributed by atoms with van der Waals surface area (Å²) in [7, 11) is -2.28. The van der Waals surface area contributed by atoms with Gasteiger partial charge in [-0.25, -0.2) is 13.1 Å². The van der Waals surface area contributed by atoms with Gasteiger partial charge in [0, 0.05) is 43.1 Å². The van der Waals surface area contributed by atoms with E-state index in [9.17, 15) is 23.3 Å². The van der Waals surface area contributed by atoms with Crippen LogP contribution < -0.4 is 0 Å². The first-order valence-corrected chi connectivity index (χ1v) is 14.6. The fraction of sp³-hybridized carbons (Fsp3) is 0.267. The van der Waals surface area contributed by atoms with Crippen LogP contribution in [0.4, 0.5) is 0 Å². The zero-order valence-electron chi connectivity index (χ0n) is 23.4. The number of nitrogens with zero attached hydrogens (tertiary/aromatic N) is 5. The molecule has 2 amide bonds. The van der Waals surface area contributed by atoms with Crippen molar-refractivity contribution in [1.29, 1.82) is 5.26 Å². The van der Waals surface area contributed by atoms with Crippen LogP contribution in [0.5, 0.6) is 0 Å². The average Bonchev–Trinajstić information content (AvgIpc) is 3.40. The van der Waals surface area contributed by atoms with E-state index in [1.807, 2.05) is 36.4 Å². The molecule has 1 aromatic heterocycles. The third kappa shape index (κ3) is 5.76. The zero-order chi connectivity index (χ0) is 29.7. The van der Waals surface area contributed by atoms with Crippen LogP contribution in [0, 0.1) is 11.3 Å². The SMILES string of the molecule is CCN(CC)S(=O)(=O)c1cccc(-c2nn(-c3ccccc3)cc2/C=C2/C(=O)N(CCOC)C(=O)C(C#N)=C2C)c1. The van der Waals surface area contributed by atoms with E-state index in [4.69, 9.17) is 9.84 Å². The molecule has 0 spiro atoms. The normalized spacial score (nSPS) is 15.2. The van der Waals surface area contributed by atoms with Crippen molar-refractivity contribution in [3.05, 3.63) is 83.1 Å². The first kappa shape index (κ1) is 29.6. The zero-order valence-corrected chi connectivity index (χ0v) is 24.2. The molecule has 41 heavy (non-hydrogen) atoms. The minimum Gasteiger partial charge on any atom is -0.383 e.